The van der Waals surface area contributed by atoms with E-state index in [1.807, 2.05) is 0 Å². The topological polar surface area (TPSA) is 56.2 Å². The second-order valence-corrected chi connectivity index (χ2v) is 2.83. The Bertz CT molecular complexity index is 414. The lowest BCUT2D eigenvalue weighted by molar-refractivity contribution is 0.883. The molecule has 0 saturated carbocycles. The van der Waals surface area contributed by atoms with Crippen LogP contribution in [0.25, 0.3) is 5.65 Å². The summed E-state index contributed by atoms with van der Waals surface area (Å²) in [5.41, 5.74) is 6.21. The maximum Gasteiger partial charge on any atom is 0.160 e. The molecule has 2 rings (SSSR count). The summed E-state index contributed by atoms with van der Waals surface area (Å²) in [6, 6.07) is 3.57. The summed E-state index contributed by atoms with van der Waals surface area (Å²) in [6.07, 6.45) is 1.75. The third-order valence-corrected chi connectivity index (χ3v) is 1.84. The molecule has 2 aromatic rings. The van der Waals surface area contributed by atoms with E-state index in [0.29, 0.717) is 17.4 Å². The molecule has 0 aliphatic heterocycles. The van der Waals surface area contributed by atoms with E-state index in [2.05, 4.69) is 10.2 Å². The van der Waals surface area contributed by atoms with Gasteiger partial charge in [0.15, 0.2) is 11.5 Å². The molecule has 0 bridgehead atoms. The van der Waals surface area contributed by atoms with Gasteiger partial charge in [-0.25, -0.2) is 0 Å². The van der Waals surface area contributed by atoms with E-state index in [-0.39, 0.29) is 17.0 Å². The molecule has 0 aliphatic carbocycles. The van der Waals surface area contributed by atoms with Crippen LogP contribution in [0, 0.1) is 0 Å². The third-order valence-electron chi connectivity index (χ3n) is 1.62. The van der Waals surface area contributed by atoms with Crippen molar-refractivity contribution in [1.82, 2.24) is 14.6 Å². The molecule has 0 aromatic carbocycles. The molecule has 0 aliphatic rings. The molecule has 70 valence electrons. The predicted octanol–water partition coefficient (Wildman–Crippen LogP) is 1.42. The van der Waals surface area contributed by atoms with E-state index in [0.717, 1.165) is 5.65 Å². The molecule has 2 N–H and O–H groups in total. The van der Waals surface area contributed by atoms with Crippen molar-refractivity contribution in [3.63, 3.8) is 0 Å². The third kappa shape index (κ3) is 1.82. The van der Waals surface area contributed by atoms with Crippen molar-refractivity contribution in [3.8, 4) is 0 Å². The van der Waals surface area contributed by atoms with Crippen LogP contribution >= 0.6 is 28.6 Å². The number of nitrogens with two attached hydrogens (primary N) is 1. The summed E-state index contributed by atoms with van der Waals surface area (Å²) in [5.74, 6) is 0.715. The highest BCUT2D eigenvalue weighted by molar-refractivity contribution is 8.93. The Morgan fingerprint density at radius 1 is 1.38 bits per heavy atom. The molecule has 13 heavy (non-hydrogen) atoms. The zero-order valence-corrected chi connectivity index (χ0v) is 9.11. The molecule has 0 unspecified atom stereocenters. The predicted molar refractivity (Wildman–Crippen MR) is 56.2 cm³/mol. The van der Waals surface area contributed by atoms with E-state index in [4.69, 9.17) is 17.3 Å². The van der Waals surface area contributed by atoms with Crippen molar-refractivity contribution >= 4 is 34.2 Å². The van der Waals surface area contributed by atoms with Gasteiger partial charge in [-0.2, -0.15) is 0 Å². The van der Waals surface area contributed by atoms with Crippen LogP contribution in [-0.4, -0.2) is 14.6 Å². The molecule has 2 heterocycles. The van der Waals surface area contributed by atoms with Crippen molar-refractivity contribution in [3.05, 3.63) is 29.2 Å². The fourth-order valence-corrected chi connectivity index (χ4v) is 1.21. The molecule has 0 saturated heterocycles. The van der Waals surface area contributed by atoms with Gasteiger partial charge in [-0.3, -0.25) is 4.40 Å². The quantitative estimate of drug-likeness (QED) is 0.846. The highest BCUT2D eigenvalue weighted by Gasteiger charge is 2.02. The smallest absolute Gasteiger partial charge is 0.160 e. The van der Waals surface area contributed by atoms with Crippen LogP contribution in [0.1, 0.15) is 5.82 Å². The lowest BCUT2D eigenvalue weighted by Crippen LogP contribution is -2.02. The second-order valence-electron chi connectivity index (χ2n) is 2.40. The van der Waals surface area contributed by atoms with Gasteiger partial charge in [0.2, 0.25) is 0 Å². The average Bonchev–Trinajstić information content (AvgIpc) is 2.46. The van der Waals surface area contributed by atoms with Gasteiger partial charge in [0.1, 0.15) is 0 Å². The van der Waals surface area contributed by atoms with Gasteiger partial charge in [-0.1, -0.05) is 11.6 Å². The summed E-state index contributed by atoms with van der Waals surface area (Å²) in [7, 11) is 0. The molecule has 0 fully saturated rings. The maximum atomic E-state index is 5.79. The fourth-order valence-electron chi connectivity index (χ4n) is 1.05. The van der Waals surface area contributed by atoms with Crippen LogP contribution in [0.4, 0.5) is 0 Å². The summed E-state index contributed by atoms with van der Waals surface area (Å²) in [5, 5.41) is 8.44. The number of hydrogen-bond acceptors (Lipinski definition) is 3. The Labute approximate surface area is 90.5 Å². The summed E-state index contributed by atoms with van der Waals surface area (Å²) in [6.45, 7) is 0.363. The van der Waals surface area contributed by atoms with Crippen molar-refractivity contribution in [1.29, 1.82) is 0 Å². The summed E-state index contributed by atoms with van der Waals surface area (Å²) < 4.78 is 1.78. The molecule has 2 aromatic heterocycles. The first-order valence-electron chi connectivity index (χ1n) is 3.50. The number of rotatable bonds is 1. The van der Waals surface area contributed by atoms with E-state index >= 15 is 0 Å². The van der Waals surface area contributed by atoms with Crippen molar-refractivity contribution in [2.24, 2.45) is 5.73 Å². The molecule has 0 amide bonds. The van der Waals surface area contributed by atoms with Gasteiger partial charge in [-0.05, 0) is 12.1 Å². The minimum absolute atomic E-state index is 0. The Kier molecular flexibility index (Phi) is 3.24. The molecule has 0 radical (unpaired) electrons. The summed E-state index contributed by atoms with van der Waals surface area (Å²) in [4.78, 5) is 0. The summed E-state index contributed by atoms with van der Waals surface area (Å²) >= 11 is 5.79. The van der Waals surface area contributed by atoms with E-state index in [1.54, 1.807) is 22.7 Å². The van der Waals surface area contributed by atoms with Gasteiger partial charge in [0, 0.05) is 6.20 Å². The lowest BCUT2D eigenvalue weighted by Gasteiger charge is -1.95. The zero-order chi connectivity index (χ0) is 8.55. The van der Waals surface area contributed by atoms with Crippen LogP contribution in [0.15, 0.2) is 18.3 Å². The molecule has 4 nitrogen and oxygen atoms in total. The van der Waals surface area contributed by atoms with Crippen LogP contribution in [0.3, 0.4) is 0 Å². The van der Waals surface area contributed by atoms with Gasteiger partial charge in [0.25, 0.3) is 0 Å². The first-order chi connectivity index (χ1) is 5.81. The number of halogens is 2. The van der Waals surface area contributed by atoms with Crippen molar-refractivity contribution < 1.29 is 0 Å². The monoisotopic (exact) mass is 262 g/mol. The Balaban J connectivity index is 0.000000845. The fraction of sp³-hybridized carbons (Fsp3) is 0.143. The SMILES string of the molecule is Br.NCc1nnc2ccc(Cl)cn12. The number of hydrogen-bond donors (Lipinski definition) is 1. The lowest BCUT2D eigenvalue weighted by atomic mass is 10.4. The van der Waals surface area contributed by atoms with Gasteiger partial charge in [0.05, 0.1) is 11.6 Å². The molecular weight excluding hydrogens is 255 g/mol. The first kappa shape index (κ1) is 10.4. The minimum atomic E-state index is 0. The van der Waals surface area contributed by atoms with Gasteiger partial charge < -0.3 is 5.73 Å². The van der Waals surface area contributed by atoms with E-state index in [1.165, 1.54) is 0 Å². The first-order valence-corrected chi connectivity index (χ1v) is 3.88. The zero-order valence-electron chi connectivity index (χ0n) is 6.64. The van der Waals surface area contributed by atoms with Crippen LogP contribution in [0.5, 0.6) is 0 Å². The second kappa shape index (κ2) is 4.04. The highest BCUT2D eigenvalue weighted by atomic mass is 79.9. The van der Waals surface area contributed by atoms with Crippen molar-refractivity contribution in [2.75, 3.05) is 0 Å². The maximum absolute atomic E-state index is 5.79. The van der Waals surface area contributed by atoms with E-state index < -0.39 is 0 Å². The van der Waals surface area contributed by atoms with Crippen molar-refractivity contribution in [2.45, 2.75) is 6.54 Å². The normalized spacial score (nSPS) is 10.0. The van der Waals surface area contributed by atoms with Crippen LogP contribution in [-0.2, 0) is 6.54 Å². The number of fused-ring (bicyclic) bond motifs is 1. The molecule has 0 atom stereocenters. The van der Waals surface area contributed by atoms with Gasteiger partial charge >= 0.3 is 0 Å². The molecule has 6 heteroatoms. The largest absolute Gasteiger partial charge is 0.324 e. The molecule has 0 spiro atoms. The van der Waals surface area contributed by atoms with E-state index in [9.17, 15) is 0 Å². The van der Waals surface area contributed by atoms with Crippen LogP contribution in [0.2, 0.25) is 5.02 Å². The molecular formula is C7H8BrClN4. The Hall–Kier alpha value is -0.650. The standard InChI is InChI=1S/C7H7ClN4.BrH/c8-5-1-2-6-10-11-7(3-9)12(6)4-5;/h1-2,4H,3,9H2;1H. The number of aromatic nitrogens is 3. The Morgan fingerprint density at radius 3 is 2.85 bits per heavy atom. The number of nitrogens with zero attached hydrogens (tertiary/aromatic N) is 3. The average molecular weight is 264 g/mol. The van der Waals surface area contributed by atoms with Gasteiger partial charge in [-0.15, -0.1) is 27.2 Å². The minimum Gasteiger partial charge on any atom is -0.324 e. The Morgan fingerprint density at radius 2 is 2.15 bits per heavy atom. The highest BCUT2D eigenvalue weighted by Crippen LogP contribution is 2.10. The number of pyridine rings is 1. The van der Waals surface area contributed by atoms with Crippen LogP contribution < -0.4 is 5.73 Å².